The van der Waals surface area contributed by atoms with E-state index in [0.29, 0.717) is 0 Å². The largest absolute Gasteiger partial charge is 0.481 e. The lowest BCUT2D eigenvalue weighted by Gasteiger charge is -2.32. The summed E-state index contributed by atoms with van der Waals surface area (Å²) in [6.45, 7) is 3.76. The van der Waals surface area contributed by atoms with Crippen molar-refractivity contribution in [1.29, 1.82) is 0 Å². The molecular weight excluding hydrogens is 398 g/mol. The van der Waals surface area contributed by atoms with Gasteiger partial charge in [-0.2, -0.15) is 0 Å². The SMILES string of the molecule is Cc1ccnc(Nc2cccc(-c3cnc(N4CCC5(CC4)CC5C(=O)O)s3)n2)c1. The fourth-order valence-electron chi connectivity index (χ4n) is 4.30. The molecule has 0 aromatic carbocycles. The molecule has 1 atom stereocenters. The number of rotatable bonds is 5. The molecule has 1 aliphatic carbocycles. The van der Waals surface area contributed by atoms with Crippen LogP contribution < -0.4 is 10.2 Å². The molecule has 3 aromatic rings. The highest BCUT2D eigenvalue weighted by Gasteiger charge is 2.58. The minimum atomic E-state index is -0.639. The van der Waals surface area contributed by atoms with Gasteiger partial charge >= 0.3 is 5.97 Å². The lowest BCUT2D eigenvalue weighted by atomic mass is 9.91. The van der Waals surface area contributed by atoms with E-state index in [4.69, 9.17) is 4.98 Å². The maximum atomic E-state index is 11.3. The Morgan fingerprint density at radius 1 is 1.23 bits per heavy atom. The lowest BCUT2D eigenvalue weighted by molar-refractivity contribution is -0.139. The molecule has 2 fully saturated rings. The number of carboxylic acids is 1. The van der Waals surface area contributed by atoms with Crippen LogP contribution >= 0.6 is 11.3 Å². The number of pyridine rings is 2. The highest BCUT2D eigenvalue weighted by Crippen LogP contribution is 2.59. The molecule has 1 unspecified atom stereocenters. The molecule has 2 N–H and O–H groups in total. The van der Waals surface area contributed by atoms with Gasteiger partial charge in [-0.1, -0.05) is 17.4 Å². The van der Waals surface area contributed by atoms with E-state index in [1.165, 1.54) is 0 Å². The van der Waals surface area contributed by atoms with Crippen molar-refractivity contribution in [2.75, 3.05) is 23.3 Å². The Morgan fingerprint density at radius 3 is 2.80 bits per heavy atom. The third kappa shape index (κ3) is 3.63. The van der Waals surface area contributed by atoms with Gasteiger partial charge in [-0.25, -0.2) is 15.0 Å². The Bertz CT molecular complexity index is 1090. The topological polar surface area (TPSA) is 91.2 Å². The molecule has 2 aliphatic rings. The zero-order chi connectivity index (χ0) is 20.7. The number of aromatic nitrogens is 3. The highest BCUT2D eigenvalue weighted by molar-refractivity contribution is 7.18. The van der Waals surface area contributed by atoms with Crippen LogP contribution in [-0.4, -0.2) is 39.1 Å². The molecule has 5 rings (SSSR count). The number of hydrogen-bond donors (Lipinski definition) is 2. The molecule has 8 heteroatoms. The van der Waals surface area contributed by atoms with Crippen LogP contribution in [0.4, 0.5) is 16.8 Å². The molecule has 3 aromatic heterocycles. The molecule has 30 heavy (non-hydrogen) atoms. The molecule has 1 spiro atoms. The van der Waals surface area contributed by atoms with E-state index in [0.717, 1.165) is 65.3 Å². The van der Waals surface area contributed by atoms with E-state index >= 15 is 0 Å². The summed E-state index contributed by atoms with van der Waals surface area (Å²) >= 11 is 1.63. The Kier molecular flexibility index (Phi) is 4.66. The van der Waals surface area contributed by atoms with Crippen LogP contribution in [0, 0.1) is 18.3 Å². The first kappa shape index (κ1) is 19.0. The summed E-state index contributed by atoms with van der Waals surface area (Å²) in [5.41, 5.74) is 2.05. The molecule has 154 valence electrons. The summed E-state index contributed by atoms with van der Waals surface area (Å²) in [6.07, 6.45) is 6.34. The number of carbonyl (C=O) groups is 1. The fourth-order valence-corrected chi connectivity index (χ4v) is 5.24. The molecule has 1 saturated heterocycles. The van der Waals surface area contributed by atoms with E-state index < -0.39 is 5.97 Å². The van der Waals surface area contributed by atoms with E-state index in [1.807, 2.05) is 43.5 Å². The zero-order valence-corrected chi connectivity index (χ0v) is 17.5. The summed E-state index contributed by atoms with van der Waals surface area (Å²) in [7, 11) is 0. The van der Waals surface area contributed by atoms with Crippen LogP contribution in [0.5, 0.6) is 0 Å². The second kappa shape index (κ2) is 7.36. The summed E-state index contributed by atoms with van der Waals surface area (Å²) in [5.74, 6) is 0.731. The lowest BCUT2D eigenvalue weighted by Crippen LogP contribution is -2.35. The van der Waals surface area contributed by atoms with Crippen LogP contribution in [-0.2, 0) is 4.79 Å². The maximum absolute atomic E-state index is 11.3. The summed E-state index contributed by atoms with van der Waals surface area (Å²) < 4.78 is 0. The number of nitrogens with zero attached hydrogens (tertiary/aromatic N) is 4. The number of nitrogens with one attached hydrogen (secondary N) is 1. The molecule has 1 saturated carbocycles. The minimum absolute atomic E-state index is 0.0355. The van der Waals surface area contributed by atoms with Crippen molar-refractivity contribution in [3.63, 3.8) is 0 Å². The number of carboxylic acid groups (broad SMARTS) is 1. The first-order valence-electron chi connectivity index (χ1n) is 10.1. The van der Waals surface area contributed by atoms with Gasteiger partial charge in [-0.05, 0) is 61.4 Å². The van der Waals surface area contributed by atoms with Gasteiger partial charge in [0, 0.05) is 25.5 Å². The van der Waals surface area contributed by atoms with Crippen molar-refractivity contribution in [3.05, 3.63) is 48.3 Å². The number of thiazole rings is 1. The fraction of sp³-hybridized carbons (Fsp3) is 0.364. The van der Waals surface area contributed by atoms with Crippen LogP contribution in [0.15, 0.2) is 42.7 Å². The normalized spacial score (nSPS) is 19.6. The standard InChI is InChI=1S/C22H23N5O2S/c1-14-5-8-23-19(11-14)26-18-4-2-3-16(25-18)17-13-24-21(30-17)27-9-6-22(7-10-27)12-15(22)20(28)29/h2-5,8,11,13,15H,6-7,9-10,12H2,1H3,(H,28,29)(H,23,25,26). The van der Waals surface area contributed by atoms with Gasteiger partial charge < -0.3 is 15.3 Å². The van der Waals surface area contributed by atoms with Gasteiger partial charge in [0.05, 0.1) is 16.5 Å². The van der Waals surface area contributed by atoms with Crippen molar-refractivity contribution in [1.82, 2.24) is 15.0 Å². The van der Waals surface area contributed by atoms with Crippen LogP contribution in [0.2, 0.25) is 0 Å². The van der Waals surface area contributed by atoms with Gasteiger partial charge in [0.2, 0.25) is 0 Å². The number of aliphatic carboxylic acids is 1. The molecule has 7 nitrogen and oxygen atoms in total. The molecule has 0 amide bonds. The third-order valence-corrected chi connectivity index (χ3v) is 7.26. The van der Waals surface area contributed by atoms with Gasteiger partial charge in [0.15, 0.2) is 5.13 Å². The Balaban J connectivity index is 1.27. The predicted octanol–water partition coefficient (Wildman–Crippen LogP) is 4.34. The third-order valence-electron chi connectivity index (χ3n) is 6.18. The average Bonchev–Trinajstić information content (AvgIpc) is 3.21. The first-order valence-corrected chi connectivity index (χ1v) is 10.9. The summed E-state index contributed by atoms with van der Waals surface area (Å²) in [6, 6.07) is 9.83. The van der Waals surface area contributed by atoms with Crippen molar-refractivity contribution >= 4 is 34.1 Å². The average molecular weight is 422 g/mol. The summed E-state index contributed by atoms with van der Waals surface area (Å²) in [4.78, 5) is 28.2. The maximum Gasteiger partial charge on any atom is 0.307 e. The highest BCUT2D eigenvalue weighted by atomic mass is 32.1. The molecule has 0 radical (unpaired) electrons. The number of anilines is 3. The quantitative estimate of drug-likeness (QED) is 0.633. The second-order valence-electron chi connectivity index (χ2n) is 8.20. The van der Waals surface area contributed by atoms with Gasteiger partial charge in [-0.3, -0.25) is 4.79 Å². The Morgan fingerprint density at radius 2 is 2.07 bits per heavy atom. The molecule has 1 aliphatic heterocycles. The minimum Gasteiger partial charge on any atom is -0.481 e. The second-order valence-corrected chi connectivity index (χ2v) is 9.21. The van der Waals surface area contributed by atoms with Gasteiger partial charge in [0.1, 0.15) is 11.6 Å². The van der Waals surface area contributed by atoms with Crippen molar-refractivity contribution in [2.45, 2.75) is 26.2 Å². The predicted molar refractivity (Wildman–Crippen MR) is 117 cm³/mol. The Labute approximate surface area is 178 Å². The van der Waals surface area contributed by atoms with Crippen LogP contribution in [0.1, 0.15) is 24.8 Å². The molecule has 4 heterocycles. The molecule has 0 bridgehead atoms. The van der Waals surface area contributed by atoms with Gasteiger partial charge in [0.25, 0.3) is 0 Å². The number of hydrogen-bond acceptors (Lipinski definition) is 7. The van der Waals surface area contributed by atoms with Crippen LogP contribution in [0.3, 0.4) is 0 Å². The van der Waals surface area contributed by atoms with Crippen molar-refractivity contribution < 1.29 is 9.90 Å². The summed E-state index contributed by atoms with van der Waals surface area (Å²) in [5, 5.41) is 13.5. The Hall–Kier alpha value is -3.00. The monoisotopic (exact) mass is 421 g/mol. The van der Waals surface area contributed by atoms with E-state index in [9.17, 15) is 9.90 Å². The zero-order valence-electron chi connectivity index (χ0n) is 16.7. The number of aryl methyl sites for hydroxylation is 1. The first-order chi connectivity index (χ1) is 14.5. The smallest absolute Gasteiger partial charge is 0.307 e. The van der Waals surface area contributed by atoms with E-state index in [2.05, 4.69) is 20.2 Å². The van der Waals surface area contributed by atoms with Crippen molar-refractivity contribution in [3.8, 4) is 10.6 Å². The molecular formula is C22H23N5O2S. The van der Waals surface area contributed by atoms with Crippen LogP contribution in [0.25, 0.3) is 10.6 Å². The number of piperidine rings is 1. The van der Waals surface area contributed by atoms with E-state index in [1.54, 1.807) is 17.5 Å². The van der Waals surface area contributed by atoms with Gasteiger partial charge in [-0.15, -0.1) is 0 Å². The van der Waals surface area contributed by atoms with E-state index in [-0.39, 0.29) is 11.3 Å². The van der Waals surface area contributed by atoms with Crippen molar-refractivity contribution in [2.24, 2.45) is 11.3 Å².